The molecule has 3 rings (SSSR count). The smallest absolute Gasteiger partial charge is 0.254 e. The molecule has 0 radical (unpaired) electrons. The number of hydrogen-bond donors (Lipinski definition) is 1. The molecule has 0 aromatic heterocycles. The second-order valence-corrected chi connectivity index (χ2v) is 6.94. The molecule has 1 aliphatic heterocycles. The summed E-state index contributed by atoms with van der Waals surface area (Å²) in [5, 5.41) is 3.00. The van der Waals surface area contributed by atoms with Crippen molar-refractivity contribution in [3.05, 3.63) is 58.9 Å². The molecule has 6 nitrogen and oxygen atoms in total. The molecule has 1 fully saturated rings. The van der Waals surface area contributed by atoms with E-state index in [1.165, 1.54) is 36.2 Å². The number of nitrogens with zero attached hydrogens (tertiary/aromatic N) is 2. The van der Waals surface area contributed by atoms with Crippen LogP contribution >= 0.6 is 11.6 Å². The lowest BCUT2D eigenvalue weighted by Crippen LogP contribution is -2.35. The summed E-state index contributed by atoms with van der Waals surface area (Å²) in [7, 11) is 1.50. The van der Waals surface area contributed by atoms with Crippen molar-refractivity contribution in [1.29, 1.82) is 0 Å². The highest BCUT2D eigenvalue weighted by Gasteiger charge is 2.25. The van der Waals surface area contributed by atoms with Gasteiger partial charge in [-0.2, -0.15) is 0 Å². The lowest BCUT2D eigenvalue weighted by molar-refractivity contribution is -0.117. The number of anilines is 2. The molecule has 2 aromatic carbocycles. The zero-order valence-corrected chi connectivity index (χ0v) is 16.0. The Balaban J connectivity index is 1.68. The van der Waals surface area contributed by atoms with Crippen LogP contribution in [0.3, 0.4) is 0 Å². The molecule has 2 aromatic rings. The van der Waals surface area contributed by atoms with Crippen molar-refractivity contribution in [3.8, 4) is 0 Å². The van der Waals surface area contributed by atoms with Crippen LogP contribution in [0.2, 0.25) is 5.02 Å². The molecule has 1 saturated heterocycles. The topological polar surface area (TPSA) is 69.7 Å². The van der Waals surface area contributed by atoms with E-state index < -0.39 is 11.7 Å². The molecule has 0 saturated carbocycles. The molecule has 0 aliphatic carbocycles. The summed E-state index contributed by atoms with van der Waals surface area (Å²) in [5.41, 5.74) is 1.27. The summed E-state index contributed by atoms with van der Waals surface area (Å²) >= 11 is 6.20. The lowest BCUT2D eigenvalue weighted by atomic mass is 10.1. The Morgan fingerprint density at radius 1 is 1.21 bits per heavy atom. The predicted molar refractivity (Wildman–Crippen MR) is 105 cm³/mol. The van der Waals surface area contributed by atoms with Crippen molar-refractivity contribution in [2.75, 3.05) is 30.4 Å². The van der Waals surface area contributed by atoms with Crippen LogP contribution in [0.25, 0.3) is 0 Å². The number of carbonyl (C=O) groups excluding carboxylic acids is 3. The fourth-order valence-corrected chi connectivity index (χ4v) is 3.22. The van der Waals surface area contributed by atoms with Gasteiger partial charge in [0.2, 0.25) is 11.8 Å². The number of benzene rings is 2. The minimum atomic E-state index is -0.411. The van der Waals surface area contributed by atoms with Gasteiger partial charge in [0.15, 0.2) is 0 Å². The van der Waals surface area contributed by atoms with Gasteiger partial charge < -0.3 is 15.1 Å². The fourth-order valence-electron chi connectivity index (χ4n) is 3.00. The van der Waals surface area contributed by atoms with Gasteiger partial charge in [0.05, 0.1) is 17.3 Å². The average Bonchev–Trinajstić information content (AvgIpc) is 3.09. The summed E-state index contributed by atoms with van der Waals surface area (Å²) in [4.78, 5) is 39.6. The van der Waals surface area contributed by atoms with E-state index in [9.17, 15) is 18.8 Å². The third-order valence-electron chi connectivity index (χ3n) is 4.41. The van der Waals surface area contributed by atoms with Crippen LogP contribution in [-0.2, 0) is 9.59 Å². The van der Waals surface area contributed by atoms with E-state index in [2.05, 4.69) is 5.32 Å². The minimum absolute atomic E-state index is 0.0291. The highest BCUT2D eigenvalue weighted by Crippen LogP contribution is 2.30. The maximum absolute atomic E-state index is 12.9. The van der Waals surface area contributed by atoms with Crippen LogP contribution in [-0.4, -0.2) is 42.8 Å². The first-order valence-electron chi connectivity index (χ1n) is 8.76. The van der Waals surface area contributed by atoms with Crippen molar-refractivity contribution >= 4 is 40.7 Å². The summed E-state index contributed by atoms with van der Waals surface area (Å²) < 4.78 is 12.9. The van der Waals surface area contributed by atoms with Crippen LogP contribution < -0.4 is 10.2 Å². The SMILES string of the molecule is CN(CC(=O)Nc1ccc(F)cc1)C(=O)c1ccc(Cl)c(N2CCCC2=O)c1. The molecule has 28 heavy (non-hydrogen) atoms. The maximum Gasteiger partial charge on any atom is 0.254 e. The zero-order chi connectivity index (χ0) is 20.3. The summed E-state index contributed by atoms with van der Waals surface area (Å²) in [6, 6.07) is 10.0. The van der Waals surface area contributed by atoms with Crippen molar-refractivity contribution in [2.24, 2.45) is 0 Å². The van der Waals surface area contributed by atoms with Crippen molar-refractivity contribution in [2.45, 2.75) is 12.8 Å². The van der Waals surface area contributed by atoms with Crippen LogP contribution in [0.15, 0.2) is 42.5 Å². The average molecular weight is 404 g/mol. The predicted octanol–water partition coefficient (Wildman–Crippen LogP) is 3.32. The minimum Gasteiger partial charge on any atom is -0.332 e. The van der Waals surface area contributed by atoms with Crippen LogP contribution in [0, 0.1) is 5.82 Å². The quantitative estimate of drug-likeness (QED) is 0.832. The molecule has 0 spiro atoms. The fraction of sp³-hybridized carbons (Fsp3) is 0.250. The van der Waals surface area contributed by atoms with Gasteiger partial charge in [-0.15, -0.1) is 0 Å². The van der Waals surface area contributed by atoms with Crippen molar-refractivity contribution < 1.29 is 18.8 Å². The number of hydrogen-bond acceptors (Lipinski definition) is 3. The van der Waals surface area contributed by atoms with E-state index in [0.29, 0.717) is 34.9 Å². The van der Waals surface area contributed by atoms with Crippen molar-refractivity contribution in [1.82, 2.24) is 4.90 Å². The second-order valence-electron chi connectivity index (χ2n) is 6.53. The number of halogens is 2. The Kier molecular flexibility index (Phi) is 5.94. The number of carbonyl (C=O) groups is 3. The number of nitrogens with one attached hydrogen (secondary N) is 1. The number of amides is 3. The lowest BCUT2D eigenvalue weighted by Gasteiger charge is -2.20. The standard InChI is InChI=1S/C20H19ClFN3O3/c1-24(12-18(26)23-15-7-5-14(22)6-8-15)20(28)13-4-9-16(21)17(11-13)25-10-2-3-19(25)27/h4-9,11H,2-3,10,12H2,1H3,(H,23,26). The van der Waals surface area contributed by atoms with Crippen LogP contribution in [0.5, 0.6) is 0 Å². The zero-order valence-electron chi connectivity index (χ0n) is 15.2. The Morgan fingerprint density at radius 3 is 2.57 bits per heavy atom. The monoisotopic (exact) mass is 403 g/mol. The van der Waals surface area contributed by atoms with E-state index >= 15 is 0 Å². The highest BCUT2D eigenvalue weighted by molar-refractivity contribution is 6.34. The third-order valence-corrected chi connectivity index (χ3v) is 4.73. The molecule has 0 bridgehead atoms. The van der Waals surface area contributed by atoms with E-state index in [1.54, 1.807) is 23.1 Å². The summed E-state index contributed by atoms with van der Waals surface area (Å²) in [5.74, 6) is -1.22. The third kappa shape index (κ3) is 4.48. The molecule has 1 aliphatic rings. The van der Waals surface area contributed by atoms with Crippen LogP contribution in [0.1, 0.15) is 23.2 Å². The molecular formula is C20H19ClFN3O3. The van der Waals surface area contributed by atoms with Gasteiger partial charge >= 0.3 is 0 Å². The highest BCUT2D eigenvalue weighted by atomic mass is 35.5. The van der Waals surface area contributed by atoms with Gasteiger partial charge in [-0.3, -0.25) is 14.4 Å². The van der Waals surface area contributed by atoms with E-state index in [0.717, 1.165) is 6.42 Å². The number of rotatable bonds is 5. The Bertz CT molecular complexity index is 917. The molecule has 146 valence electrons. The van der Waals surface area contributed by atoms with Gasteiger partial charge in [0.25, 0.3) is 5.91 Å². The second kappa shape index (κ2) is 8.39. The largest absolute Gasteiger partial charge is 0.332 e. The first-order valence-corrected chi connectivity index (χ1v) is 9.14. The normalized spacial score (nSPS) is 13.5. The Morgan fingerprint density at radius 2 is 1.93 bits per heavy atom. The van der Waals surface area contributed by atoms with E-state index in [1.807, 2.05) is 0 Å². The Hall–Kier alpha value is -2.93. The summed E-state index contributed by atoms with van der Waals surface area (Å²) in [6.45, 7) is 0.378. The van der Waals surface area contributed by atoms with Gasteiger partial charge in [-0.1, -0.05) is 11.6 Å². The summed E-state index contributed by atoms with van der Waals surface area (Å²) in [6.07, 6.45) is 1.20. The molecule has 3 amide bonds. The first kappa shape index (κ1) is 19.8. The van der Waals surface area contributed by atoms with Crippen LogP contribution in [0.4, 0.5) is 15.8 Å². The molecular weight excluding hydrogens is 385 g/mol. The molecule has 8 heteroatoms. The molecule has 1 heterocycles. The molecule has 0 atom stereocenters. The van der Waals surface area contributed by atoms with Gasteiger partial charge in [-0.25, -0.2) is 4.39 Å². The van der Waals surface area contributed by atoms with E-state index in [4.69, 9.17) is 11.6 Å². The maximum atomic E-state index is 12.9. The molecule has 1 N–H and O–H groups in total. The number of likely N-dealkylation sites (N-methyl/N-ethyl adjacent to an activating group) is 1. The van der Waals surface area contributed by atoms with E-state index in [-0.39, 0.29) is 18.4 Å². The van der Waals surface area contributed by atoms with Crippen molar-refractivity contribution in [3.63, 3.8) is 0 Å². The first-order chi connectivity index (χ1) is 13.3. The molecule has 0 unspecified atom stereocenters. The van der Waals surface area contributed by atoms with Gasteiger partial charge in [0.1, 0.15) is 5.82 Å². The Labute approximate surface area is 166 Å². The van der Waals surface area contributed by atoms with Gasteiger partial charge in [-0.05, 0) is 48.9 Å². The van der Waals surface area contributed by atoms with Gasteiger partial charge in [0, 0.05) is 31.3 Å².